The van der Waals surface area contributed by atoms with Gasteiger partial charge in [0, 0.05) is 6.54 Å². The second kappa shape index (κ2) is 4.16. The minimum Gasteiger partial charge on any atom is -0.385 e. The van der Waals surface area contributed by atoms with Crippen molar-refractivity contribution in [1.82, 2.24) is 4.90 Å². The maximum absolute atomic E-state index is 13.0. The molecule has 6 aliphatic rings. The quantitative estimate of drug-likeness (QED) is 0.602. The molecular weight excluding hydrogens is 294 g/mol. The van der Waals surface area contributed by atoms with E-state index in [1.165, 1.54) is 0 Å². The fourth-order valence-electron chi connectivity index (χ4n) is 6.06. The number of allylic oxidation sites excluding steroid dienone is 1. The van der Waals surface area contributed by atoms with Gasteiger partial charge in [0.2, 0.25) is 11.8 Å². The Hall–Kier alpha value is -1.40. The number of carbonyl (C=O) groups excluding carboxylic acids is 2. The van der Waals surface area contributed by atoms with Crippen LogP contribution in [0.2, 0.25) is 0 Å². The molecule has 5 aliphatic carbocycles. The van der Waals surface area contributed by atoms with Gasteiger partial charge in [-0.25, -0.2) is 0 Å². The normalized spacial score (nSPS) is 50.0. The Kier molecular flexibility index (Phi) is 2.53. The molecule has 8 atom stereocenters. The molecule has 1 aliphatic heterocycles. The number of rotatable bonds is 3. The molecule has 0 radical (unpaired) electrons. The molecule has 5 N–H and O–H groups in total. The summed E-state index contributed by atoms with van der Waals surface area (Å²) >= 11 is 0. The number of hydrogen-bond acceptors (Lipinski definition) is 4. The molecule has 6 nitrogen and oxygen atoms in total. The van der Waals surface area contributed by atoms with E-state index in [1.54, 1.807) is 4.90 Å². The van der Waals surface area contributed by atoms with Gasteiger partial charge in [-0.15, -0.1) is 0 Å². The second-order valence-corrected chi connectivity index (χ2v) is 8.30. The largest absolute Gasteiger partial charge is 0.385 e. The van der Waals surface area contributed by atoms with E-state index in [0.29, 0.717) is 12.5 Å². The number of aliphatic hydroxyl groups is 1. The van der Waals surface area contributed by atoms with Crippen molar-refractivity contribution in [3.05, 3.63) is 11.6 Å². The Morgan fingerprint density at radius 3 is 2.74 bits per heavy atom. The maximum atomic E-state index is 13.0. The summed E-state index contributed by atoms with van der Waals surface area (Å²) in [5.41, 5.74) is 12.4. The van der Waals surface area contributed by atoms with Crippen molar-refractivity contribution in [3.8, 4) is 0 Å². The molecule has 23 heavy (non-hydrogen) atoms. The average Bonchev–Trinajstić information content (AvgIpc) is 3.14. The first-order valence-electron chi connectivity index (χ1n) is 8.69. The molecule has 124 valence electrons. The lowest BCUT2D eigenvalue weighted by molar-refractivity contribution is -0.148. The van der Waals surface area contributed by atoms with E-state index < -0.39 is 23.6 Å². The van der Waals surface area contributed by atoms with E-state index >= 15 is 0 Å². The van der Waals surface area contributed by atoms with Crippen LogP contribution in [-0.4, -0.2) is 46.1 Å². The van der Waals surface area contributed by atoms with Crippen molar-refractivity contribution in [3.63, 3.8) is 0 Å². The predicted molar refractivity (Wildman–Crippen MR) is 81.6 cm³/mol. The maximum Gasteiger partial charge on any atom is 0.240 e. The summed E-state index contributed by atoms with van der Waals surface area (Å²) < 4.78 is 0. The van der Waals surface area contributed by atoms with E-state index in [-0.39, 0.29) is 29.6 Å². The summed E-state index contributed by atoms with van der Waals surface area (Å²) in [5.74, 6) is 0.791. The molecule has 4 fully saturated rings. The van der Waals surface area contributed by atoms with Gasteiger partial charge >= 0.3 is 0 Å². The van der Waals surface area contributed by atoms with E-state index in [4.69, 9.17) is 11.5 Å². The topological polar surface area (TPSA) is 110 Å². The number of fused-ring (bicyclic) bond motifs is 2. The molecule has 6 rings (SSSR count). The van der Waals surface area contributed by atoms with Crippen molar-refractivity contribution in [2.45, 2.75) is 43.4 Å². The fraction of sp³-hybridized carbons (Fsp3) is 0.765. The Morgan fingerprint density at radius 1 is 1.35 bits per heavy atom. The highest BCUT2D eigenvalue weighted by Gasteiger charge is 2.63. The van der Waals surface area contributed by atoms with E-state index in [9.17, 15) is 14.7 Å². The monoisotopic (exact) mass is 317 g/mol. The minimum atomic E-state index is -0.613. The highest BCUT2D eigenvalue weighted by molar-refractivity contribution is 5.90. The zero-order valence-electron chi connectivity index (χ0n) is 13.0. The summed E-state index contributed by atoms with van der Waals surface area (Å²) in [6.07, 6.45) is 5.51. The molecule has 3 saturated carbocycles. The first kappa shape index (κ1) is 14.0. The SMILES string of the molecule is NC(=O)C1C2CC2CN1C(=O)C(N)C1C2CC=C3C1CC3(O)C2. The highest BCUT2D eigenvalue weighted by Crippen LogP contribution is 2.63. The van der Waals surface area contributed by atoms with Crippen LogP contribution in [-0.2, 0) is 9.59 Å². The lowest BCUT2D eigenvalue weighted by Crippen LogP contribution is -2.66. The summed E-state index contributed by atoms with van der Waals surface area (Å²) in [4.78, 5) is 26.3. The number of carbonyl (C=O) groups is 2. The number of nitrogens with zero attached hydrogens (tertiary/aromatic N) is 1. The smallest absolute Gasteiger partial charge is 0.240 e. The fourth-order valence-corrected chi connectivity index (χ4v) is 6.06. The first-order valence-corrected chi connectivity index (χ1v) is 8.69. The van der Waals surface area contributed by atoms with Crippen LogP contribution in [0, 0.1) is 29.6 Å². The molecule has 0 aromatic heterocycles. The zero-order valence-corrected chi connectivity index (χ0v) is 13.0. The number of hydrogen-bond donors (Lipinski definition) is 3. The van der Waals surface area contributed by atoms with Crippen LogP contribution in [0.5, 0.6) is 0 Å². The Bertz CT molecular complexity index is 647. The minimum absolute atomic E-state index is 0.0991. The van der Waals surface area contributed by atoms with Gasteiger partial charge in [-0.3, -0.25) is 9.59 Å². The molecule has 6 heteroatoms. The van der Waals surface area contributed by atoms with Crippen molar-refractivity contribution in [2.75, 3.05) is 6.54 Å². The Balaban J connectivity index is 1.37. The molecule has 4 bridgehead atoms. The first-order chi connectivity index (χ1) is 10.9. The number of primary amides is 1. The molecule has 0 aromatic rings. The van der Waals surface area contributed by atoms with Crippen molar-refractivity contribution in [1.29, 1.82) is 0 Å². The molecular formula is C17H23N3O3. The summed E-state index contributed by atoms with van der Waals surface area (Å²) in [5, 5.41) is 10.5. The molecule has 0 aromatic carbocycles. The van der Waals surface area contributed by atoms with Gasteiger partial charge < -0.3 is 21.5 Å². The molecule has 2 amide bonds. The van der Waals surface area contributed by atoms with Gasteiger partial charge in [0.1, 0.15) is 6.04 Å². The van der Waals surface area contributed by atoms with Crippen molar-refractivity contribution < 1.29 is 14.7 Å². The third-order valence-corrected chi connectivity index (χ3v) is 7.17. The van der Waals surface area contributed by atoms with Gasteiger partial charge in [0.25, 0.3) is 0 Å². The van der Waals surface area contributed by atoms with E-state index in [2.05, 4.69) is 6.08 Å². The lowest BCUT2D eigenvalue weighted by atomic mass is 9.45. The average molecular weight is 317 g/mol. The van der Waals surface area contributed by atoms with Crippen LogP contribution in [0.4, 0.5) is 0 Å². The van der Waals surface area contributed by atoms with Gasteiger partial charge in [-0.1, -0.05) is 6.08 Å². The second-order valence-electron chi connectivity index (χ2n) is 8.30. The standard InChI is InChI=1S/C17H23N3O3/c18-13(12-7-1-2-11-10(12)5-17(11,23)4-7)16(22)20-6-8-3-9(8)14(20)15(19)21/h2,7-10,12-14,23H,1,3-6,18H2,(H2,19,21). The van der Waals surface area contributed by atoms with Crippen LogP contribution in [0.15, 0.2) is 11.6 Å². The van der Waals surface area contributed by atoms with Crippen molar-refractivity contribution >= 4 is 11.8 Å². The van der Waals surface area contributed by atoms with Crippen LogP contribution < -0.4 is 11.5 Å². The van der Waals surface area contributed by atoms with Gasteiger partial charge in [0.15, 0.2) is 0 Å². The van der Waals surface area contributed by atoms with E-state index in [1.807, 2.05) is 0 Å². The number of piperidine rings is 1. The van der Waals surface area contributed by atoms with Crippen LogP contribution in [0.3, 0.4) is 0 Å². The molecule has 1 heterocycles. The lowest BCUT2D eigenvalue weighted by Gasteiger charge is -2.62. The number of likely N-dealkylation sites (tertiary alicyclic amines) is 1. The van der Waals surface area contributed by atoms with Crippen molar-refractivity contribution in [2.24, 2.45) is 41.1 Å². The van der Waals surface area contributed by atoms with Gasteiger partial charge in [-0.2, -0.15) is 0 Å². The third kappa shape index (κ3) is 1.66. The van der Waals surface area contributed by atoms with Crippen LogP contribution >= 0.6 is 0 Å². The summed E-state index contributed by atoms with van der Waals surface area (Å²) in [6.45, 7) is 0.624. The molecule has 0 spiro atoms. The predicted octanol–water partition coefficient (Wildman–Crippen LogP) is -0.637. The van der Waals surface area contributed by atoms with Crippen LogP contribution in [0.25, 0.3) is 0 Å². The number of nitrogens with two attached hydrogens (primary N) is 2. The molecule has 8 unspecified atom stereocenters. The molecule has 1 saturated heterocycles. The van der Waals surface area contributed by atoms with E-state index in [0.717, 1.165) is 31.3 Å². The Labute approximate surface area is 134 Å². The Morgan fingerprint density at radius 2 is 2.13 bits per heavy atom. The van der Waals surface area contributed by atoms with Gasteiger partial charge in [0.05, 0.1) is 11.6 Å². The third-order valence-electron chi connectivity index (χ3n) is 7.17. The zero-order chi connectivity index (χ0) is 16.1. The van der Waals surface area contributed by atoms with Crippen LogP contribution in [0.1, 0.15) is 25.7 Å². The number of amides is 2. The highest BCUT2D eigenvalue weighted by atomic mass is 16.3. The summed E-state index contributed by atoms with van der Waals surface area (Å²) in [7, 11) is 0. The summed E-state index contributed by atoms with van der Waals surface area (Å²) in [6, 6.07) is -1.05. The van der Waals surface area contributed by atoms with Gasteiger partial charge in [-0.05, 0) is 60.8 Å².